The van der Waals surface area contributed by atoms with Crippen molar-refractivity contribution in [3.63, 3.8) is 0 Å². The van der Waals surface area contributed by atoms with Crippen LogP contribution >= 0.6 is 0 Å². The first-order valence-corrected chi connectivity index (χ1v) is 12.0. The molecule has 2 fully saturated rings. The summed E-state index contributed by atoms with van der Waals surface area (Å²) >= 11 is 0. The van der Waals surface area contributed by atoms with Gasteiger partial charge in [-0.05, 0) is 30.0 Å². The quantitative estimate of drug-likeness (QED) is 0.758. The normalized spacial score (nSPS) is 18.7. The molecule has 7 nitrogen and oxygen atoms in total. The number of nitrogens with two attached hydrogens (primary N) is 1. The standard InChI is InChI=1S/C21H31N3O4S/c22-29(27,28)19-9-6-18(7-10-19)16-21(26)24-14-12-23(13-15-24)20(25)11-8-17-4-2-1-3-5-17/h6-7,9-10,17H,1-5,8,11-16H2,(H2,22,27,28). The molecule has 1 aliphatic carbocycles. The molecule has 0 unspecified atom stereocenters. The first-order valence-electron chi connectivity index (χ1n) is 10.5. The third-order valence-corrected chi connectivity index (χ3v) is 7.01. The summed E-state index contributed by atoms with van der Waals surface area (Å²) in [5.74, 6) is 0.903. The largest absolute Gasteiger partial charge is 0.339 e. The number of sulfonamides is 1. The number of hydrogen-bond acceptors (Lipinski definition) is 4. The Kier molecular flexibility index (Phi) is 7.29. The lowest BCUT2D eigenvalue weighted by Gasteiger charge is -2.35. The van der Waals surface area contributed by atoms with E-state index in [2.05, 4.69) is 0 Å². The minimum absolute atomic E-state index is 0.0114. The van der Waals surface area contributed by atoms with Crippen molar-refractivity contribution < 1.29 is 18.0 Å². The van der Waals surface area contributed by atoms with Crippen LogP contribution < -0.4 is 5.14 Å². The maximum absolute atomic E-state index is 12.5. The number of carbonyl (C=O) groups is 2. The van der Waals surface area contributed by atoms with Gasteiger partial charge in [0.1, 0.15) is 0 Å². The fraction of sp³-hybridized carbons (Fsp3) is 0.619. The highest BCUT2D eigenvalue weighted by molar-refractivity contribution is 7.89. The fourth-order valence-electron chi connectivity index (χ4n) is 4.25. The van der Waals surface area contributed by atoms with Crippen LogP contribution in [0.3, 0.4) is 0 Å². The van der Waals surface area contributed by atoms with Gasteiger partial charge < -0.3 is 9.80 Å². The van der Waals surface area contributed by atoms with Crippen LogP contribution in [-0.2, 0) is 26.0 Å². The van der Waals surface area contributed by atoms with Gasteiger partial charge >= 0.3 is 0 Å². The smallest absolute Gasteiger partial charge is 0.238 e. The Labute approximate surface area is 173 Å². The maximum Gasteiger partial charge on any atom is 0.238 e. The number of nitrogens with zero attached hydrogens (tertiary/aromatic N) is 2. The van der Waals surface area contributed by atoms with E-state index in [9.17, 15) is 18.0 Å². The van der Waals surface area contributed by atoms with Crippen molar-refractivity contribution in [2.45, 2.75) is 56.3 Å². The lowest BCUT2D eigenvalue weighted by atomic mass is 9.86. The van der Waals surface area contributed by atoms with Gasteiger partial charge in [-0.15, -0.1) is 0 Å². The van der Waals surface area contributed by atoms with E-state index in [0.29, 0.717) is 38.5 Å². The average molecular weight is 422 g/mol. The lowest BCUT2D eigenvalue weighted by molar-refractivity contribution is -0.139. The third-order valence-electron chi connectivity index (χ3n) is 6.08. The molecule has 3 rings (SSSR count). The fourth-order valence-corrected chi connectivity index (χ4v) is 4.77. The van der Waals surface area contributed by atoms with Crippen LogP contribution in [0.5, 0.6) is 0 Å². The molecule has 0 atom stereocenters. The number of amides is 2. The summed E-state index contributed by atoms with van der Waals surface area (Å²) in [6.07, 6.45) is 8.26. The van der Waals surface area contributed by atoms with E-state index < -0.39 is 10.0 Å². The van der Waals surface area contributed by atoms with Crippen molar-refractivity contribution in [1.29, 1.82) is 0 Å². The van der Waals surface area contributed by atoms with E-state index in [1.165, 1.54) is 44.2 Å². The van der Waals surface area contributed by atoms with Crippen LogP contribution in [0.2, 0.25) is 0 Å². The molecule has 0 radical (unpaired) electrons. The SMILES string of the molecule is NS(=O)(=O)c1ccc(CC(=O)N2CCN(C(=O)CCC3CCCCC3)CC2)cc1. The van der Waals surface area contributed by atoms with Crippen LogP contribution in [0.4, 0.5) is 0 Å². The summed E-state index contributed by atoms with van der Waals surface area (Å²) in [6.45, 7) is 2.26. The van der Waals surface area contributed by atoms with Crippen molar-refractivity contribution in [2.24, 2.45) is 11.1 Å². The Hall–Kier alpha value is -1.93. The molecule has 1 heterocycles. The molecule has 160 valence electrons. The second kappa shape index (κ2) is 9.71. The van der Waals surface area contributed by atoms with Crippen LogP contribution in [-0.4, -0.2) is 56.2 Å². The summed E-state index contributed by atoms with van der Waals surface area (Å²) < 4.78 is 22.6. The van der Waals surface area contributed by atoms with Gasteiger partial charge in [0.25, 0.3) is 0 Å². The Bertz CT molecular complexity index is 809. The average Bonchev–Trinajstić information content (AvgIpc) is 2.72. The highest BCUT2D eigenvalue weighted by atomic mass is 32.2. The van der Waals surface area contributed by atoms with Crippen molar-refractivity contribution in [3.8, 4) is 0 Å². The highest BCUT2D eigenvalue weighted by Gasteiger charge is 2.25. The van der Waals surface area contributed by atoms with E-state index >= 15 is 0 Å². The topological polar surface area (TPSA) is 101 Å². The molecule has 0 bridgehead atoms. The molecule has 1 saturated carbocycles. The molecule has 0 spiro atoms. The highest BCUT2D eigenvalue weighted by Crippen LogP contribution is 2.27. The second-order valence-electron chi connectivity index (χ2n) is 8.17. The molecule has 1 saturated heterocycles. The van der Waals surface area contributed by atoms with Crippen LogP contribution in [0.15, 0.2) is 29.2 Å². The van der Waals surface area contributed by atoms with Gasteiger partial charge in [-0.25, -0.2) is 13.6 Å². The van der Waals surface area contributed by atoms with Gasteiger partial charge in [-0.2, -0.15) is 0 Å². The molecule has 8 heteroatoms. The number of benzene rings is 1. The molecule has 1 aliphatic heterocycles. The zero-order chi connectivity index (χ0) is 20.9. The molecule has 1 aromatic carbocycles. The minimum Gasteiger partial charge on any atom is -0.339 e. The number of hydrogen-bond donors (Lipinski definition) is 1. The van der Waals surface area contributed by atoms with Crippen molar-refractivity contribution in [2.75, 3.05) is 26.2 Å². The summed E-state index contributed by atoms with van der Waals surface area (Å²) in [4.78, 5) is 28.7. The van der Waals surface area contributed by atoms with Gasteiger partial charge in [0, 0.05) is 32.6 Å². The van der Waals surface area contributed by atoms with Crippen LogP contribution in [0.25, 0.3) is 0 Å². The summed E-state index contributed by atoms with van der Waals surface area (Å²) in [7, 11) is -3.73. The summed E-state index contributed by atoms with van der Waals surface area (Å²) in [6, 6.07) is 6.06. The van der Waals surface area contributed by atoms with E-state index in [0.717, 1.165) is 12.0 Å². The molecule has 0 aromatic heterocycles. The zero-order valence-corrected chi connectivity index (χ0v) is 17.7. The van der Waals surface area contributed by atoms with Gasteiger partial charge in [0.05, 0.1) is 11.3 Å². The minimum atomic E-state index is -3.73. The first-order chi connectivity index (χ1) is 13.8. The van der Waals surface area contributed by atoms with Crippen molar-refractivity contribution in [3.05, 3.63) is 29.8 Å². The Morgan fingerprint density at radius 3 is 2.00 bits per heavy atom. The van der Waals surface area contributed by atoms with Crippen LogP contribution in [0, 0.1) is 5.92 Å². The molecule has 29 heavy (non-hydrogen) atoms. The van der Waals surface area contributed by atoms with E-state index in [1.807, 2.05) is 4.90 Å². The molecule has 1 aromatic rings. The Morgan fingerprint density at radius 1 is 0.897 bits per heavy atom. The van der Waals surface area contributed by atoms with Gasteiger partial charge in [-0.1, -0.05) is 44.2 Å². The number of rotatable bonds is 6. The van der Waals surface area contributed by atoms with Crippen molar-refractivity contribution in [1.82, 2.24) is 9.80 Å². The molecule has 2 amide bonds. The Balaban J connectivity index is 1.42. The Morgan fingerprint density at radius 2 is 1.45 bits per heavy atom. The predicted octanol–water partition coefficient (Wildman–Crippen LogP) is 1.91. The lowest BCUT2D eigenvalue weighted by Crippen LogP contribution is -2.51. The number of carbonyl (C=O) groups excluding carboxylic acids is 2. The first kappa shape index (κ1) is 21.8. The predicted molar refractivity (Wildman–Crippen MR) is 110 cm³/mol. The van der Waals surface area contributed by atoms with Gasteiger partial charge in [-0.3, -0.25) is 9.59 Å². The maximum atomic E-state index is 12.5. The molecule has 2 N–H and O–H groups in total. The van der Waals surface area contributed by atoms with Gasteiger partial charge in [0.15, 0.2) is 0 Å². The monoisotopic (exact) mass is 421 g/mol. The molecular formula is C21H31N3O4S. The van der Waals surface area contributed by atoms with E-state index in [4.69, 9.17) is 5.14 Å². The number of primary sulfonamides is 1. The van der Waals surface area contributed by atoms with Crippen molar-refractivity contribution >= 4 is 21.8 Å². The third kappa shape index (κ3) is 6.27. The van der Waals surface area contributed by atoms with Gasteiger partial charge in [0.2, 0.25) is 21.8 Å². The summed E-state index contributed by atoms with van der Waals surface area (Å²) in [5.41, 5.74) is 0.744. The van der Waals surface area contributed by atoms with E-state index in [-0.39, 0.29) is 23.1 Å². The zero-order valence-electron chi connectivity index (χ0n) is 16.9. The number of piperazine rings is 1. The second-order valence-corrected chi connectivity index (χ2v) is 9.73. The van der Waals surface area contributed by atoms with Crippen LogP contribution in [0.1, 0.15) is 50.5 Å². The summed E-state index contributed by atoms with van der Waals surface area (Å²) in [5, 5.41) is 5.09. The molecular weight excluding hydrogens is 390 g/mol. The van der Waals surface area contributed by atoms with E-state index in [1.54, 1.807) is 17.0 Å². The molecule has 2 aliphatic rings.